The lowest BCUT2D eigenvalue weighted by atomic mass is 10.1. The van der Waals surface area contributed by atoms with Crippen molar-refractivity contribution in [3.8, 4) is 0 Å². The van der Waals surface area contributed by atoms with E-state index in [1.54, 1.807) is 11.9 Å². The van der Waals surface area contributed by atoms with E-state index in [1.807, 2.05) is 42.5 Å². The Morgan fingerprint density at radius 2 is 1.83 bits per heavy atom. The SMILES string of the molecule is CN1C(=O)c2ccccc2N(CCCCN)c2cc(Cl)ccc21. The Bertz CT molecular complexity index is 732. The number of anilines is 3. The van der Waals surface area contributed by atoms with Crippen LogP contribution < -0.4 is 15.5 Å². The zero-order valence-electron chi connectivity index (χ0n) is 13.1. The summed E-state index contributed by atoms with van der Waals surface area (Å²) in [6, 6.07) is 13.3. The number of hydrogen-bond acceptors (Lipinski definition) is 3. The van der Waals surface area contributed by atoms with Gasteiger partial charge in [-0.1, -0.05) is 23.7 Å². The Morgan fingerprint density at radius 1 is 1.04 bits per heavy atom. The van der Waals surface area contributed by atoms with Gasteiger partial charge in [0.05, 0.1) is 22.6 Å². The summed E-state index contributed by atoms with van der Waals surface area (Å²) in [7, 11) is 1.80. The summed E-state index contributed by atoms with van der Waals surface area (Å²) in [6.07, 6.45) is 1.90. The van der Waals surface area contributed by atoms with Crippen molar-refractivity contribution in [2.24, 2.45) is 5.73 Å². The first-order valence-corrected chi connectivity index (χ1v) is 8.15. The topological polar surface area (TPSA) is 49.6 Å². The maximum Gasteiger partial charge on any atom is 0.260 e. The quantitative estimate of drug-likeness (QED) is 0.868. The van der Waals surface area contributed by atoms with Gasteiger partial charge in [0.25, 0.3) is 5.91 Å². The number of unbranched alkanes of at least 4 members (excludes halogenated alkanes) is 1. The number of nitrogens with two attached hydrogens (primary N) is 1. The van der Waals surface area contributed by atoms with Gasteiger partial charge in [-0.05, 0) is 49.7 Å². The van der Waals surface area contributed by atoms with Crippen LogP contribution in [-0.4, -0.2) is 26.0 Å². The minimum Gasteiger partial charge on any atom is -0.339 e. The predicted molar refractivity (Wildman–Crippen MR) is 95.9 cm³/mol. The maximum atomic E-state index is 12.8. The van der Waals surface area contributed by atoms with Crippen LogP contribution >= 0.6 is 11.6 Å². The lowest BCUT2D eigenvalue weighted by Gasteiger charge is -2.26. The molecule has 0 fully saturated rings. The summed E-state index contributed by atoms with van der Waals surface area (Å²) in [5, 5.41) is 0.660. The first-order chi connectivity index (χ1) is 11.1. The maximum absolute atomic E-state index is 12.8. The molecular weight excluding hydrogens is 310 g/mol. The summed E-state index contributed by atoms with van der Waals surface area (Å²) < 4.78 is 0. The summed E-state index contributed by atoms with van der Waals surface area (Å²) >= 11 is 6.22. The highest BCUT2D eigenvalue weighted by Gasteiger charge is 2.28. The van der Waals surface area contributed by atoms with Crippen molar-refractivity contribution < 1.29 is 4.79 Å². The Morgan fingerprint density at radius 3 is 2.61 bits per heavy atom. The van der Waals surface area contributed by atoms with Crippen LogP contribution in [0, 0.1) is 0 Å². The molecule has 4 nitrogen and oxygen atoms in total. The van der Waals surface area contributed by atoms with Crippen molar-refractivity contribution in [2.45, 2.75) is 12.8 Å². The molecule has 3 rings (SSSR count). The number of carbonyl (C=O) groups excluding carboxylic acids is 1. The number of carbonyl (C=O) groups is 1. The molecule has 0 radical (unpaired) electrons. The fourth-order valence-electron chi connectivity index (χ4n) is 2.96. The second-order valence-corrected chi connectivity index (χ2v) is 6.10. The van der Waals surface area contributed by atoms with Crippen molar-refractivity contribution in [1.82, 2.24) is 0 Å². The van der Waals surface area contributed by atoms with Crippen LogP contribution in [-0.2, 0) is 0 Å². The van der Waals surface area contributed by atoms with Gasteiger partial charge in [-0.2, -0.15) is 0 Å². The minimum absolute atomic E-state index is 0.00880. The number of fused-ring (bicyclic) bond motifs is 2. The Balaban J connectivity index is 2.16. The van der Waals surface area contributed by atoms with Gasteiger partial charge in [-0.3, -0.25) is 4.79 Å². The first-order valence-electron chi connectivity index (χ1n) is 7.77. The van der Waals surface area contributed by atoms with E-state index in [0.29, 0.717) is 17.1 Å². The van der Waals surface area contributed by atoms with E-state index < -0.39 is 0 Å². The van der Waals surface area contributed by atoms with Gasteiger partial charge in [0.1, 0.15) is 0 Å². The summed E-state index contributed by atoms with van der Waals surface area (Å²) in [4.78, 5) is 16.7. The van der Waals surface area contributed by atoms with Gasteiger partial charge in [0.2, 0.25) is 0 Å². The van der Waals surface area contributed by atoms with E-state index in [9.17, 15) is 4.79 Å². The molecule has 23 heavy (non-hydrogen) atoms. The van der Waals surface area contributed by atoms with Crippen molar-refractivity contribution in [2.75, 3.05) is 29.9 Å². The summed E-state index contributed by atoms with van der Waals surface area (Å²) in [6.45, 7) is 1.46. The molecule has 0 spiro atoms. The molecular formula is C18H20ClN3O. The van der Waals surface area contributed by atoms with Crippen LogP contribution in [0.2, 0.25) is 5.02 Å². The molecule has 2 aromatic rings. The highest BCUT2D eigenvalue weighted by Crippen LogP contribution is 2.41. The number of nitrogens with zero attached hydrogens (tertiary/aromatic N) is 2. The van der Waals surface area contributed by atoms with Crippen LogP contribution in [0.3, 0.4) is 0 Å². The molecule has 0 saturated carbocycles. The second kappa shape index (κ2) is 6.60. The molecule has 0 aromatic heterocycles. The average Bonchev–Trinajstić information content (AvgIpc) is 2.65. The van der Waals surface area contributed by atoms with Gasteiger partial charge in [-0.15, -0.1) is 0 Å². The van der Waals surface area contributed by atoms with Crippen molar-refractivity contribution in [3.05, 3.63) is 53.1 Å². The highest BCUT2D eigenvalue weighted by molar-refractivity contribution is 6.31. The molecule has 1 heterocycles. The Hall–Kier alpha value is -2.04. The molecule has 0 aliphatic carbocycles. The number of halogens is 1. The normalized spacial score (nSPS) is 13.6. The second-order valence-electron chi connectivity index (χ2n) is 5.66. The van der Waals surface area contributed by atoms with E-state index in [-0.39, 0.29) is 5.91 Å². The molecule has 1 amide bonds. The lowest BCUT2D eigenvalue weighted by molar-refractivity contribution is 0.0994. The standard InChI is InChI=1S/C18H20ClN3O/c1-21-16-9-8-13(19)12-17(16)22(11-5-4-10-20)15-7-3-2-6-14(15)18(21)23/h2-3,6-9,12H,4-5,10-11,20H2,1H3. The number of hydrogen-bond donors (Lipinski definition) is 1. The fraction of sp³-hybridized carbons (Fsp3) is 0.278. The number of benzene rings is 2. The third kappa shape index (κ3) is 2.92. The molecule has 1 aliphatic rings. The van der Waals surface area contributed by atoms with Gasteiger partial charge < -0.3 is 15.5 Å². The molecule has 0 atom stereocenters. The summed E-state index contributed by atoms with van der Waals surface area (Å²) in [5.74, 6) is -0.00880. The van der Waals surface area contributed by atoms with Gasteiger partial charge in [-0.25, -0.2) is 0 Å². The van der Waals surface area contributed by atoms with Gasteiger partial charge in [0.15, 0.2) is 0 Å². The third-order valence-electron chi connectivity index (χ3n) is 4.16. The molecule has 1 aliphatic heterocycles. The molecule has 2 N–H and O–H groups in total. The highest BCUT2D eigenvalue weighted by atomic mass is 35.5. The molecule has 5 heteroatoms. The predicted octanol–water partition coefficient (Wildman–Crippen LogP) is 3.81. The van der Waals surface area contributed by atoms with E-state index in [1.165, 1.54) is 0 Å². The van der Waals surface area contributed by atoms with E-state index in [0.717, 1.165) is 36.4 Å². The van der Waals surface area contributed by atoms with E-state index in [2.05, 4.69) is 4.90 Å². The van der Waals surface area contributed by atoms with Crippen LogP contribution in [0.1, 0.15) is 23.2 Å². The molecule has 2 aromatic carbocycles. The van der Waals surface area contributed by atoms with E-state index in [4.69, 9.17) is 17.3 Å². The first kappa shape index (κ1) is 15.8. The molecule has 120 valence electrons. The van der Waals surface area contributed by atoms with Crippen LogP contribution in [0.25, 0.3) is 0 Å². The molecule has 0 unspecified atom stereocenters. The minimum atomic E-state index is -0.00880. The zero-order valence-corrected chi connectivity index (χ0v) is 13.9. The molecule has 0 saturated heterocycles. The summed E-state index contributed by atoms with van der Waals surface area (Å²) in [5.41, 5.74) is 9.07. The number of para-hydroxylation sites is 1. The van der Waals surface area contributed by atoms with Crippen LogP contribution in [0.15, 0.2) is 42.5 Å². The van der Waals surface area contributed by atoms with Crippen molar-refractivity contribution >= 4 is 34.6 Å². The fourth-order valence-corrected chi connectivity index (χ4v) is 3.13. The van der Waals surface area contributed by atoms with Crippen LogP contribution in [0.4, 0.5) is 17.1 Å². The molecule has 0 bridgehead atoms. The van der Waals surface area contributed by atoms with Crippen molar-refractivity contribution in [1.29, 1.82) is 0 Å². The Labute approximate surface area is 141 Å². The zero-order chi connectivity index (χ0) is 16.4. The van der Waals surface area contributed by atoms with E-state index >= 15 is 0 Å². The van der Waals surface area contributed by atoms with Gasteiger partial charge >= 0.3 is 0 Å². The smallest absolute Gasteiger partial charge is 0.260 e. The number of amides is 1. The lowest BCUT2D eigenvalue weighted by Crippen LogP contribution is -2.25. The van der Waals surface area contributed by atoms with Gasteiger partial charge in [0, 0.05) is 18.6 Å². The monoisotopic (exact) mass is 329 g/mol. The average molecular weight is 330 g/mol. The Kier molecular flexibility index (Phi) is 4.55. The van der Waals surface area contributed by atoms with Crippen LogP contribution in [0.5, 0.6) is 0 Å². The van der Waals surface area contributed by atoms with Crippen molar-refractivity contribution in [3.63, 3.8) is 0 Å². The largest absolute Gasteiger partial charge is 0.339 e. The third-order valence-corrected chi connectivity index (χ3v) is 4.39. The number of rotatable bonds is 4.